The molecule has 1 aromatic heterocycles. The lowest BCUT2D eigenvalue weighted by molar-refractivity contribution is -0.134. The Balaban J connectivity index is 1.51. The summed E-state index contributed by atoms with van der Waals surface area (Å²) in [5.41, 5.74) is 2.06. The molecule has 0 saturated carbocycles. The molecule has 1 fully saturated rings. The average molecular weight is 374 g/mol. The Morgan fingerprint density at radius 3 is 3.08 bits per heavy atom. The van der Waals surface area contributed by atoms with Crippen molar-refractivity contribution in [3.8, 4) is 5.75 Å². The maximum Gasteiger partial charge on any atom is 0.223 e. The Kier molecular flexibility index (Phi) is 6.47. The van der Waals surface area contributed by atoms with Crippen LogP contribution < -0.4 is 10.1 Å². The highest BCUT2D eigenvalue weighted by atomic mass is 35.5. The molecule has 138 valence electrons. The number of piperazine rings is 1. The summed E-state index contributed by atoms with van der Waals surface area (Å²) in [6.45, 7) is 4.76. The van der Waals surface area contributed by atoms with Gasteiger partial charge in [0, 0.05) is 43.5 Å². The second-order valence-corrected chi connectivity index (χ2v) is 6.86. The van der Waals surface area contributed by atoms with Gasteiger partial charge in [0.25, 0.3) is 0 Å². The van der Waals surface area contributed by atoms with Gasteiger partial charge in [0.15, 0.2) is 0 Å². The quantitative estimate of drug-likeness (QED) is 0.789. The summed E-state index contributed by atoms with van der Waals surface area (Å²) in [4.78, 5) is 18.8. The van der Waals surface area contributed by atoms with E-state index in [1.54, 1.807) is 6.20 Å². The van der Waals surface area contributed by atoms with Crippen LogP contribution in [0.1, 0.15) is 30.0 Å². The molecule has 1 N–H and O–H groups in total. The number of carbonyl (C=O) groups is 1. The first-order valence-electron chi connectivity index (χ1n) is 8.94. The number of nitrogens with zero attached hydrogens (tertiary/aromatic N) is 2. The highest BCUT2D eigenvalue weighted by Crippen LogP contribution is 2.23. The number of amides is 1. The van der Waals surface area contributed by atoms with E-state index in [1.807, 2.05) is 48.4 Å². The molecule has 0 bridgehead atoms. The van der Waals surface area contributed by atoms with Crippen LogP contribution in [0.25, 0.3) is 0 Å². The standard InChI is InChI=1S/C20H24ClN3O2/c1-15-12-17(6-7-18(15)21)26-11-3-5-20(25)24-10-9-23-14-19(24)16-4-2-8-22-13-16/h2,4,6-8,12-13,19,23H,3,5,9-11,14H2,1H3. The number of hydrogen-bond donors (Lipinski definition) is 1. The summed E-state index contributed by atoms with van der Waals surface area (Å²) >= 11 is 6.02. The summed E-state index contributed by atoms with van der Waals surface area (Å²) in [5, 5.41) is 4.09. The first-order valence-corrected chi connectivity index (χ1v) is 9.32. The normalized spacial score (nSPS) is 17.2. The second-order valence-electron chi connectivity index (χ2n) is 6.46. The molecule has 1 atom stereocenters. The lowest BCUT2D eigenvalue weighted by Gasteiger charge is -2.36. The third-order valence-corrected chi connectivity index (χ3v) is 4.99. The number of hydrogen-bond acceptors (Lipinski definition) is 4. The van der Waals surface area contributed by atoms with Crippen molar-refractivity contribution in [2.75, 3.05) is 26.2 Å². The largest absolute Gasteiger partial charge is 0.494 e. The van der Waals surface area contributed by atoms with Crippen LogP contribution in [0.15, 0.2) is 42.7 Å². The minimum absolute atomic E-state index is 0.0461. The van der Waals surface area contributed by atoms with Crippen LogP contribution >= 0.6 is 11.6 Å². The van der Waals surface area contributed by atoms with E-state index in [4.69, 9.17) is 16.3 Å². The molecule has 1 aromatic carbocycles. The summed E-state index contributed by atoms with van der Waals surface area (Å²) in [6, 6.07) is 9.58. The van der Waals surface area contributed by atoms with Crippen molar-refractivity contribution >= 4 is 17.5 Å². The maximum absolute atomic E-state index is 12.7. The molecule has 1 saturated heterocycles. The monoisotopic (exact) mass is 373 g/mol. The van der Waals surface area contributed by atoms with E-state index >= 15 is 0 Å². The van der Waals surface area contributed by atoms with E-state index in [9.17, 15) is 4.79 Å². The van der Waals surface area contributed by atoms with Gasteiger partial charge in [-0.15, -0.1) is 0 Å². The third kappa shape index (κ3) is 4.74. The Hall–Kier alpha value is -2.11. The molecule has 5 nitrogen and oxygen atoms in total. The number of aryl methyl sites for hydroxylation is 1. The van der Waals surface area contributed by atoms with Gasteiger partial charge < -0.3 is 15.0 Å². The molecule has 26 heavy (non-hydrogen) atoms. The van der Waals surface area contributed by atoms with E-state index in [0.717, 1.165) is 41.5 Å². The predicted octanol–water partition coefficient (Wildman–Crippen LogP) is 3.38. The predicted molar refractivity (Wildman–Crippen MR) is 102 cm³/mol. The highest BCUT2D eigenvalue weighted by Gasteiger charge is 2.27. The maximum atomic E-state index is 12.7. The van der Waals surface area contributed by atoms with Gasteiger partial charge in [-0.05, 0) is 48.7 Å². The van der Waals surface area contributed by atoms with Crippen LogP contribution in [0.4, 0.5) is 0 Å². The minimum Gasteiger partial charge on any atom is -0.494 e. The van der Waals surface area contributed by atoms with Crippen LogP contribution in [0, 0.1) is 6.92 Å². The molecule has 0 spiro atoms. The molecule has 3 rings (SSSR count). The van der Waals surface area contributed by atoms with Gasteiger partial charge in [-0.1, -0.05) is 17.7 Å². The Morgan fingerprint density at radius 1 is 1.42 bits per heavy atom. The highest BCUT2D eigenvalue weighted by molar-refractivity contribution is 6.31. The van der Waals surface area contributed by atoms with Crippen molar-refractivity contribution in [1.82, 2.24) is 15.2 Å². The number of halogens is 1. The van der Waals surface area contributed by atoms with Crippen molar-refractivity contribution in [2.24, 2.45) is 0 Å². The van der Waals surface area contributed by atoms with Gasteiger partial charge in [0.1, 0.15) is 5.75 Å². The van der Waals surface area contributed by atoms with Crippen molar-refractivity contribution < 1.29 is 9.53 Å². The van der Waals surface area contributed by atoms with Gasteiger partial charge >= 0.3 is 0 Å². The SMILES string of the molecule is Cc1cc(OCCCC(=O)N2CCNCC2c2cccnc2)ccc1Cl. The van der Waals surface area contributed by atoms with Crippen molar-refractivity contribution in [1.29, 1.82) is 0 Å². The number of ether oxygens (including phenoxy) is 1. The van der Waals surface area contributed by atoms with Crippen molar-refractivity contribution in [2.45, 2.75) is 25.8 Å². The number of nitrogens with one attached hydrogen (secondary N) is 1. The smallest absolute Gasteiger partial charge is 0.223 e. The summed E-state index contributed by atoms with van der Waals surface area (Å²) in [7, 11) is 0. The minimum atomic E-state index is 0.0461. The zero-order chi connectivity index (χ0) is 18.4. The topological polar surface area (TPSA) is 54.5 Å². The fraction of sp³-hybridized carbons (Fsp3) is 0.400. The zero-order valence-electron chi connectivity index (χ0n) is 15.0. The van der Waals surface area contributed by atoms with Crippen LogP contribution in [0.2, 0.25) is 5.02 Å². The van der Waals surface area contributed by atoms with Crippen molar-refractivity contribution in [3.63, 3.8) is 0 Å². The molecule has 1 amide bonds. The first kappa shape index (κ1) is 18.7. The van der Waals surface area contributed by atoms with Crippen LogP contribution in [-0.4, -0.2) is 42.0 Å². The van der Waals surface area contributed by atoms with E-state index < -0.39 is 0 Å². The number of rotatable bonds is 6. The lowest BCUT2D eigenvalue weighted by atomic mass is 10.0. The number of pyridine rings is 1. The van der Waals surface area contributed by atoms with Gasteiger partial charge in [-0.3, -0.25) is 9.78 Å². The number of carbonyl (C=O) groups excluding carboxylic acids is 1. The molecule has 2 aromatic rings. The summed E-state index contributed by atoms with van der Waals surface area (Å²) in [6.07, 6.45) is 4.75. The van der Waals surface area contributed by atoms with E-state index in [0.29, 0.717) is 19.4 Å². The molecular formula is C20H24ClN3O2. The van der Waals surface area contributed by atoms with Crippen LogP contribution in [0.5, 0.6) is 5.75 Å². The number of benzene rings is 1. The Labute approximate surface area is 159 Å². The third-order valence-electron chi connectivity index (χ3n) is 4.57. The summed E-state index contributed by atoms with van der Waals surface area (Å²) < 4.78 is 5.74. The molecule has 1 aliphatic rings. The molecule has 2 heterocycles. The molecular weight excluding hydrogens is 350 g/mol. The first-order chi connectivity index (χ1) is 12.6. The molecule has 0 aliphatic carbocycles. The Morgan fingerprint density at radius 2 is 2.31 bits per heavy atom. The molecule has 6 heteroatoms. The van der Waals surface area contributed by atoms with Gasteiger partial charge in [-0.25, -0.2) is 0 Å². The van der Waals surface area contributed by atoms with Gasteiger partial charge in [0.2, 0.25) is 5.91 Å². The zero-order valence-corrected chi connectivity index (χ0v) is 15.7. The van der Waals surface area contributed by atoms with Gasteiger partial charge in [0.05, 0.1) is 12.6 Å². The van der Waals surface area contributed by atoms with E-state index in [2.05, 4.69) is 10.3 Å². The number of aromatic nitrogens is 1. The summed E-state index contributed by atoms with van der Waals surface area (Å²) in [5.74, 6) is 0.950. The Bertz CT molecular complexity index is 739. The molecule has 1 unspecified atom stereocenters. The molecule has 1 aliphatic heterocycles. The van der Waals surface area contributed by atoms with Crippen LogP contribution in [0.3, 0.4) is 0 Å². The van der Waals surface area contributed by atoms with Crippen LogP contribution in [-0.2, 0) is 4.79 Å². The molecule has 0 radical (unpaired) electrons. The fourth-order valence-corrected chi connectivity index (χ4v) is 3.26. The fourth-order valence-electron chi connectivity index (χ4n) is 3.14. The van der Waals surface area contributed by atoms with E-state index in [1.165, 1.54) is 0 Å². The van der Waals surface area contributed by atoms with E-state index in [-0.39, 0.29) is 11.9 Å². The van der Waals surface area contributed by atoms with Crippen molar-refractivity contribution in [3.05, 3.63) is 58.9 Å². The lowest BCUT2D eigenvalue weighted by Crippen LogP contribution is -2.48. The van der Waals surface area contributed by atoms with Gasteiger partial charge in [-0.2, -0.15) is 0 Å². The average Bonchev–Trinajstić information content (AvgIpc) is 2.68. The second kappa shape index (κ2) is 9.01.